The summed E-state index contributed by atoms with van der Waals surface area (Å²) in [5.74, 6) is -0.119. The van der Waals surface area contributed by atoms with Crippen molar-refractivity contribution in [3.63, 3.8) is 0 Å². The van der Waals surface area contributed by atoms with Crippen molar-refractivity contribution in [2.45, 2.75) is 39.7 Å². The van der Waals surface area contributed by atoms with Crippen molar-refractivity contribution in [2.75, 3.05) is 5.32 Å². The summed E-state index contributed by atoms with van der Waals surface area (Å²) in [5.41, 5.74) is 2.42. The van der Waals surface area contributed by atoms with Crippen LogP contribution in [0.3, 0.4) is 0 Å². The number of hydrogen-bond donors (Lipinski definition) is 2. The lowest BCUT2D eigenvalue weighted by molar-refractivity contribution is -0.121. The monoisotopic (exact) mass is 331 g/mol. The molecule has 0 aliphatic carbocycles. The van der Waals surface area contributed by atoms with Crippen LogP contribution >= 0.6 is 11.3 Å². The zero-order valence-corrected chi connectivity index (χ0v) is 14.4. The van der Waals surface area contributed by atoms with Gasteiger partial charge in [-0.25, -0.2) is 4.98 Å². The highest BCUT2D eigenvalue weighted by molar-refractivity contribution is 7.13. The summed E-state index contributed by atoms with van der Waals surface area (Å²) in [5, 5.41) is 8.43. The Labute approximate surface area is 140 Å². The van der Waals surface area contributed by atoms with Gasteiger partial charge >= 0.3 is 0 Å². The van der Waals surface area contributed by atoms with E-state index in [0.717, 1.165) is 28.4 Å². The van der Waals surface area contributed by atoms with Crippen LogP contribution in [0.4, 0.5) is 5.69 Å². The molecule has 1 heterocycles. The van der Waals surface area contributed by atoms with Gasteiger partial charge in [-0.2, -0.15) is 0 Å². The number of amides is 2. The van der Waals surface area contributed by atoms with Crippen molar-refractivity contribution in [1.82, 2.24) is 10.3 Å². The summed E-state index contributed by atoms with van der Waals surface area (Å²) in [6, 6.07) is 7.70. The van der Waals surface area contributed by atoms with Crippen molar-refractivity contribution in [3.8, 4) is 10.6 Å². The third kappa shape index (κ3) is 5.17. The second kappa shape index (κ2) is 7.87. The van der Waals surface area contributed by atoms with Crippen LogP contribution in [0.2, 0.25) is 0 Å². The molecule has 0 radical (unpaired) electrons. The summed E-state index contributed by atoms with van der Waals surface area (Å²) in [6.07, 6.45) is 1.19. The van der Waals surface area contributed by atoms with E-state index < -0.39 is 0 Å². The maximum Gasteiger partial charge on any atom is 0.226 e. The number of benzene rings is 1. The summed E-state index contributed by atoms with van der Waals surface area (Å²) >= 11 is 1.49. The molecule has 0 spiro atoms. The Hall–Kier alpha value is -2.21. The molecule has 2 N–H and O–H groups in total. The molecule has 0 aliphatic heterocycles. The van der Waals surface area contributed by atoms with Crippen molar-refractivity contribution < 1.29 is 9.59 Å². The van der Waals surface area contributed by atoms with Crippen LogP contribution in [-0.2, 0) is 16.0 Å². The molecule has 1 atom stereocenters. The predicted molar refractivity (Wildman–Crippen MR) is 93.5 cm³/mol. The first kappa shape index (κ1) is 17.1. The number of carbonyl (C=O) groups is 2. The van der Waals surface area contributed by atoms with Gasteiger partial charge in [-0.1, -0.05) is 19.1 Å². The maximum atomic E-state index is 11.9. The first-order valence-electron chi connectivity index (χ1n) is 7.59. The maximum absolute atomic E-state index is 11.9. The molecular weight excluding hydrogens is 310 g/mol. The lowest BCUT2D eigenvalue weighted by atomic mass is 10.2. The number of anilines is 1. The van der Waals surface area contributed by atoms with E-state index in [0.29, 0.717) is 0 Å². The molecule has 122 valence electrons. The number of thiazole rings is 1. The van der Waals surface area contributed by atoms with Gasteiger partial charge in [-0.05, 0) is 25.5 Å². The minimum Gasteiger partial charge on any atom is -0.353 e. The lowest BCUT2D eigenvalue weighted by Gasteiger charge is -2.10. The number of aromatic nitrogens is 1. The van der Waals surface area contributed by atoms with Gasteiger partial charge in [0.05, 0.1) is 12.1 Å². The molecule has 0 saturated heterocycles. The molecule has 2 aromatic rings. The third-order valence-electron chi connectivity index (χ3n) is 3.34. The van der Waals surface area contributed by atoms with E-state index in [4.69, 9.17) is 0 Å². The molecule has 23 heavy (non-hydrogen) atoms. The fraction of sp³-hybridized carbons (Fsp3) is 0.353. The topological polar surface area (TPSA) is 71.1 Å². The Morgan fingerprint density at radius 1 is 1.35 bits per heavy atom. The smallest absolute Gasteiger partial charge is 0.226 e. The second-order valence-electron chi connectivity index (χ2n) is 5.46. The number of nitrogens with zero attached hydrogens (tertiary/aromatic N) is 1. The fourth-order valence-electron chi connectivity index (χ4n) is 2.05. The van der Waals surface area contributed by atoms with Crippen molar-refractivity contribution in [3.05, 3.63) is 35.3 Å². The molecule has 0 aliphatic rings. The number of carbonyl (C=O) groups excluding carboxylic acids is 2. The Morgan fingerprint density at radius 2 is 2.13 bits per heavy atom. The van der Waals surface area contributed by atoms with Crippen LogP contribution in [0.5, 0.6) is 0 Å². The average molecular weight is 331 g/mol. The normalized spacial score (nSPS) is 11.8. The fourth-order valence-corrected chi connectivity index (χ4v) is 2.86. The van der Waals surface area contributed by atoms with E-state index in [1.54, 1.807) is 0 Å². The molecule has 1 aromatic heterocycles. The SMILES string of the molecule is CCC(C)NC(=O)Cc1csc(-c2cccc(NC(C)=O)c2)n1. The van der Waals surface area contributed by atoms with E-state index in [-0.39, 0.29) is 24.3 Å². The van der Waals surface area contributed by atoms with Crippen molar-refractivity contribution in [2.24, 2.45) is 0 Å². The average Bonchev–Trinajstić information content (AvgIpc) is 2.95. The van der Waals surface area contributed by atoms with Crippen molar-refractivity contribution >= 4 is 28.8 Å². The summed E-state index contributed by atoms with van der Waals surface area (Å²) < 4.78 is 0. The number of rotatable bonds is 6. The van der Waals surface area contributed by atoms with Gasteiger partial charge in [0.2, 0.25) is 11.8 Å². The number of hydrogen-bond acceptors (Lipinski definition) is 4. The molecule has 1 unspecified atom stereocenters. The van der Waals surface area contributed by atoms with Gasteiger partial charge in [-0.3, -0.25) is 9.59 Å². The Kier molecular flexibility index (Phi) is 5.87. The minimum atomic E-state index is -0.108. The Bertz CT molecular complexity index is 697. The first-order chi connectivity index (χ1) is 11.0. The standard InChI is InChI=1S/C17H21N3O2S/c1-4-11(2)18-16(22)9-15-10-23-17(20-15)13-6-5-7-14(8-13)19-12(3)21/h5-8,10-11H,4,9H2,1-3H3,(H,18,22)(H,19,21). The molecule has 2 rings (SSSR count). The van der Waals surface area contributed by atoms with Crippen LogP contribution < -0.4 is 10.6 Å². The van der Waals surface area contributed by atoms with E-state index in [2.05, 4.69) is 15.6 Å². The summed E-state index contributed by atoms with van der Waals surface area (Å²) in [7, 11) is 0. The van der Waals surface area contributed by atoms with Gasteiger partial charge in [0.1, 0.15) is 5.01 Å². The van der Waals surface area contributed by atoms with E-state index in [1.807, 2.05) is 43.5 Å². The molecule has 0 saturated carbocycles. The highest BCUT2D eigenvalue weighted by Crippen LogP contribution is 2.26. The van der Waals surface area contributed by atoms with E-state index in [1.165, 1.54) is 18.3 Å². The highest BCUT2D eigenvalue weighted by Gasteiger charge is 2.11. The quantitative estimate of drug-likeness (QED) is 0.854. The van der Waals surface area contributed by atoms with Crippen LogP contribution in [-0.4, -0.2) is 22.8 Å². The van der Waals surface area contributed by atoms with Gasteiger partial charge in [0, 0.05) is 29.6 Å². The zero-order valence-electron chi connectivity index (χ0n) is 13.6. The molecular formula is C17H21N3O2S. The van der Waals surface area contributed by atoms with Gasteiger partial charge in [0.25, 0.3) is 0 Å². The largest absolute Gasteiger partial charge is 0.353 e. The summed E-state index contributed by atoms with van der Waals surface area (Å²) in [4.78, 5) is 27.6. The highest BCUT2D eigenvalue weighted by atomic mass is 32.1. The second-order valence-corrected chi connectivity index (χ2v) is 6.32. The summed E-state index contributed by atoms with van der Waals surface area (Å²) in [6.45, 7) is 5.50. The van der Waals surface area contributed by atoms with Crippen LogP contribution in [0.15, 0.2) is 29.6 Å². The van der Waals surface area contributed by atoms with Crippen LogP contribution in [0.1, 0.15) is 32.9 Å². The molecule has 0 bridgehead atoms. The molecule has 5 nitrogen and oxygen atoms in total. The predicted octanol–water partition coefficient (Wildman–Crippen LogP) is 3.23. The third-order valence-corrected chi connectivity index (χ3v) is 4.28. The van der Waals surface area contributed by atoms with Crippen molar-refractivity contribution in [1.29, 1.82) is 0 Å². The molecule has 1 aromatic carbocycles. The van der Waals surface area contributed by atoms with Gasteiger partial charge in [0.15, 0.2) is 0 Å². The van der Waals surface area contributed by atoms with Gasteiger partial charge in [-0.15, -0.1) is 11.3 Å². The number of nitrogens with one attached hydrogen (secondary N) is 2. The Balaban J connectivity index is 2.07. The first-order valence-corrected chi connectivity index (χ1v) is 8.47. The molecule has 2 amide bonds. The molecule has 6 heteroatoms. The van der Waals surface area contributed by atoms with Gasteiger partial charge < -0.3 is 10.6 Å². The van der Waals surface area contributed by atoms with Crippen LogP contribution in [0.25, 0.3) is 10.6 Å². The van der Waals surface area contributed by atoms with E-state index in [9.17, 15) is 9.59 Å². The Morgan fingerprint density at radius 3 is 2.83 bits per heavy atom. The molecule has 0 fully saturated rings. The lowest BCUT2D eigenvalue weighted by Crippen LogP contribution is -2.33. The van der Waals surface area contributed by atoms with Crippen LogP contribution in [0, 0.1) is 0 Å². The minimum absolute atomic E-state index is 0.0109. The van der Waals surface area contributed by atoms with E-state index >= 15 is 0 Å². The zero-order chi connectivity index (χ0) is 16.8.